The highest BCUT2D eigenvalue weighted by molar-refractivity contribution is 5.25. The summed E-state index contributed by atoms with van der Waals surface area (Å²) in [7, 11) is 0. The number of hydrogen-bond acceptors (Lipinski definition) is 5. The van der Waals surface area contributed by atoms with Crippen molar-refractivity contribution in [3.05, 3.63) is 33.7 Å². The van der Waals surface area contributed by atoms with Crippen LogP contribution in [0.5, 0.6) is 0 Å². The van der Waals surface area contributed by atoms with Crippen LogP contribution in [-0.4, -0.2) is 26.0 Å². The lowest BCUT2D eigenvalue weighted by molar-refractivity contribution is -0.426. The molecule has 0 saturated heterocycles. The van der Waals surface area contributed by atoms with E-state index in [1.807, 2.05) is 0 Å². The minimum atomic E-state index is -2.23. The molecule has 0 aromatic rings. The first-order valence-corrected chi connectivity index (χ1v) is 3.14. The van der Waals surface area contributed by atoms with Crippen LogP contribution in [-0.2, 0) is 0 Å². The van der Waals surface area contributed by atoms with Gasteiger partial charge in [0.1, 0.15) is 0 Å². The molecule has 0 bridgehead atoms. The third-order valence-electron chi connectivity index (χ3n) is 1.42. The van der Waals surface area contributed by atoms with Crippen molar-refractivity contribution in [3.8, 4) is 0 Å². The fourth-order valence-corrected chi connectivity index (χ4v) is 0.850. The van der Waals surface area contributed by atoms with E-state index in [2.05, 4.69) is 0 Å². The van der Waals surface area contributed by atoms with Crippen molar-refractivity contribution < 1.29 is 20.2 Å². The maximum Gasteiger partial charge on any atom is 0.311 e. The summed E-state index contributed by atoms with van der Waals surface area (Å²) in [5.74, 6) is -2.77. The van der Waals surface area contributed by atoms with E-state index in [0.29, 0.717) is 6.08 Å². The molecule has 0 spiro atoms. The Balaban J connectivity index is 3.02. The molecule has 6 nitrogen and oxygen atoms in total. The molecule has 66 valence electrons. The van der Waals surface area contributed by atoms with Gasteiger partial charge in [-0.05, 0) is 6.08 Å². The first kappa shape index (κ1) is 8.69. The molecule has 6 heteroatoms. The molecule has 0 atom stereocenters. The number of nitro groups is 1. The summed E-state index contributed by atoms with van der Waals surface area (Å²) in [6.07, 6.45) is 1.33. The van der Waals surface area contributed by atoms with Crippen molar-refractivity contribution in [2.45, 2.75) is 12.2 Å². The quantitative estimate of drug-likeness (QED) is 0.286. The van der Waals surface area contributed by atoms with Crippen LogP contribution >= 0.6 is 0 Å². The average molecular weight is 173 g/mol. The van der Waals surface area contributed by atoms with E-state index in [4.69, 9.17) is 15.3 Å². The van der Waals surface area contributed by atoms with Crippen LogP contribution in [0.15, 0.2) is 23.6 Å². The molecule has 0 aromatic carbocycles. The predicted molar refractivity (Wildman–Crippen MR) is 37.6 cm³/mol. The zero-order valence-corrected chi connectivity index (χ0v) is 5.97. The van der Waals surface area contributed by atoms with E-state index < -0.39 is 22.2 Å². The highest BCUT2D eigenvalue weighted by Gasteiger charge is 2.31. The molecule has 12 heavy (non-hydrogen) atoms. The van der Waals surface area contributed by atoms with Crippen molar-refractivity contribution in [1.29, 1.82) is 0 Å². The van der Waals surface area contributed by atoms with Crippen molar-refractivity contribution in [3.63, 3.8) is 0 Å². The second kappa shape index (κ2) is 2.58. The van der Waals surface area contributed by atoms with Crippen LogP contribution < -0.4 is 0 Å². The molecule has 0 radical (unpaired) electrons. The van der Waals surface area contributed by atoms with E-state index in [9.17, 15) is 10.1 Å². The zero-order chi connectivity index (χ0) is 9.35. The Kier molecular flexibility index (Phi) is 1.87. The topological polar surface area (TPSA) is 104 Å². The van der Waals surface area contributed by atoms with Gasteiger partial charge in [0, 0.05) is 6.42 Å². The fourth-order valence-electron chi connectivity index (χ4n) is 0.850. The first-order valence-electron chi connectivity index (χ1n) is 3.14. The molecule has 0 aromatic heterocycles. The summed E-state index contributed by atoms with van der Waals surface area (Å²) in [5.41, 5.74) is -0.689. The van der Waals surface area contributed by atoms with Gasteiger partial charge in [-0.25, -0.2) is 0 Å². The molecule has 0 fully saturated rings. The third-order valence-corrected chi connectivity index (χ3v) is 1.42. The molecule has 1 aliphatic rings. The highest BCUT2D eigenvalue weighted by Crippen LogP contribution is 2.22. The summed E-state index contributed by atoms with van der Waals surface area (Å²) < 4.78 is 0. The molecule has 1 rings (SSSR count). The molecular weight excluding hydrogens is 166 g/mol. The van der Waals surface area contributed by atoms with E-state index in [-0.39, 0.29) is 6.42 Å². The number of rotatable bonds is 1. The Hall–Kier alpha value is -1.40. The summed E-state index contributed by atoms with van der Waals surface area (Å²) in [4.78, 5) is 9.28. The van der Waals surface area contributed by atoms with Crippen LogP contribution in [0.3, 0.4) is 0 Å². The zero-order valence-electron chi connectivity index (χ0n) is 5.97. The summed E-state index contributed by atoms with van der Waals surface area (Å²) in [5, 5.41) is 36.9. The Morgan fingerprint density at radius 2 is 2.17 bits per heavy atom. The minimum absolute atomic E-state index is 0.254. The van der Waals surface area contributed by atoms with E-state index in [1.54, 1.807) is 0 Å². The van der Waals surface area contributed by atoms with Gasteiger partial charge in [-0.3, -0.25) is 10.1 Å². The number of hydrogen-bond donors (Lipinski definition) is 3. The second-order valence-electron chi connectivity index (χ2n) is 2.46. The van der Waals surface area contributed by atoms with Crippen molar-refractivity contribution in [2.24, 2.45) is 0 Å². The lowest BCUT2D eigenvalue weighted by Crippen LogP contribution is -2.28. The Morgan fingerprint density at radius 3 is 2.58 bits per heavy atom. The number of nitrogens with zero attached hydrogens (tertiary/aromatic N) is 1. The molecule has 0 saturated carbocycles. The smallest absolute Gasteiger partial charge is 0.311 e. The molecule has 3 N–H and O–H groups in total. The summed E-state index contributed by atoms with van der Waals surface area (Å²) in [6.45, 7) is 0. The maximum atomic E-state index is 10.2. The predicted octanol–water partition coefficient (Wildman–Crippen LogP) is -0.327. The fraction of sp³-hybridized carbons (Fsp3) is 0.333. The van der Waals surface area contributed by atoms with E-state index >= 15 is 0 Å². The number of aliphatic hydroxyl groups excluding tert-OH is 1. The molecule has 0 unspecified atom stereocenters. The molecular formula is C6H7NO5. The van der Waals surface area contributed by atoms with Gasteiger partial charge in [-0.15, -0.1) is 0 Å². The average Bonchev–Trinajstić information content (AvgIpc) is 1.94. The standard InChI is InChI=1S/C6H7NO5/c8-5-1-2-6(9,10)3-4(5)7(11)12/h1,3,8-10H,2H2. The van der Waals surface area contributed by atoms with Crippen LogP contribution in [0.4, 0.5) is 0 Å². The van der Waals surface area contributed by atoms with Crippen LogP contribution in [0.2, 0.25) is 0 Å². The monoisotopic (exact) mass is 173 g/mol. The van der Waals surface area contributed by atoms with Gasteiger partial charge in [-0.2, -0.15) is 0 Å². The van der Waals surface area contributed by atoms with Gasteiger partial charge in [0.2, 0.25) is 0 Å². The van der Waals surface area contributed by atoms with E-state index in [1.165, 1.54) is 0 Å². The second-order valence-corrected chi connectivity index (χ2v) is 2.46. The molecule has 1 aliphatic carbocycles. The maximum absolute atomic E-state index is 10.2. The van der Waals surface area contributed by atoms with Gasteiger partial charge in [-0.1, -0.05) is 0 Å². The highest BCUT2D eigenvalue weighted by atomic mass is 16.6. The van der Waals surface area contributed by atoms with Gasteiger partial charge >= 0.3 is 5.70 Å². The van der Waals surface area contributed by atoms with Gasteiger partial charge < -0.3 is 15.3 Å². The van der Waals surface area contributed by atoms with Crippen LogP contribution in [0.25, 0.3) is 0 Å². The van der Waals surface area contributed by atoms with Crippen molar-refractivity contribution in [2.75, 3.05) is 0 Å². The van der Waals surface area contributed by atoms with E-state index in [0.717, 1.165) is 6.08 Å². The third kappa shape index (κ3) is 1.60. The molecule has 0 aliphatic heterocycles. The lowest BCUT2D eigenvalue weighted by atomic mass is 10.1. The molecule has 0 heterocycles. The minimum Gasteiger partial charge on any atom is -0.502 e. The number of aliphatic hydroxyl groups is 3. The van der Waals surface area contributed by atoms with Gasteiger partial charge in [0.25, 0.3) is 0 Å². The first-order chi connectivity index (χ1) is 5.42. The summed E-state index contributed by atoms with van der Waals surface area (Å²) in [6, 6.07) is 0. The largest absolute Gasteiger partial charge is 0.502 e. The van der Waals surface area contributed by atoms with Crippen LogP contribution in [0, 0.1) is 10.1 Å². The SMILES string of the molecule is O=[N+]([O-])C1=CC(O)(O)CC=C1O. The lowest BCUT2D eigenvalue weighted by Gasteiger charge is -2.18. The Bertz CT molecular complexity index is 278. The van der Waals surface area contributed by atoms with Gasteiger partial charge in [0.05, 0.1) is 11.0 Å². The van der Waals surface area contributed by atoms with Crippen LogP contribution in [0.1, 0.15) is 6.42 Å². The Labute approximate surface area is 67.2 Å². The Morgan fingerprint density at radius 1 is 1.58 bits per heavy atom. The van der Waals surface area contributed by atoms with Crippen molar-refractivity contribution in [1.82, 2.24) is 0 Å². The normalized spacial score (nSPS) is 21.2. The van der Waals surface area contributed by atoms with Crippen molar-refractivity contribution >= 4 is 0 Å². The van der Waals surface area contributed by atoms with Gasteiger partial charge in [0.15, 0.2) is 11.5 Å². The summed E-state index contributed by atoms with van der Waals surface area (Å²) >= 11 is 0. The molecule has 0 amide bonds.